The Kier molecular flexibility index (Phi) is 2.81. The van der Waals surface area contributed by atoms with Crippen molar-refractivity contribution in [2.24, 2.45) is 0 Å². The number of nitrogens with one attached hydrogen (secondary N) is 1. The predicted octanol–water partition coefficient (Wildman–Crippen LogP) is 2.20. The lowest BCUT2D eigenvalue weighted by atomic mass is 9.98. The van der Waals surface area contributed by atoms with Crippen LogP contribution in [0.1, 0.15) is 31.2 Å². The molecule has 1 aliphatic rings. The van der Waals surface area contributed by atoms with Gasteiger partial charge in [-0.05, 0) is 31.4 Å². The molecule has 0 atom stereocenters. The average Bonchev–Trinajstić information content (AvgIpc) is 2.71. The number of nitrogens with zero attached hydrogens (tertiary/aromatic N) is 1. The van der Waals surface area contributed by atoms with Gasteiger partial charge in [-0.25, -0.2) is 9.78 Å². The SMILES string of the molecule is Cc1ccc(NC2(C(=O)O)CCCC2)nc1. The molecule has 0 saturated heterocycles. The molecule has 0 aromatic carbocycles. The van der Waals surface area contributed by atoms with Crippen LogP contribution in [-0.4, -0.2) is 21.6 Å². The van der Waals surface area contributed by atoms with E-state index in [1.807, 2.05) is 19.1 Å². The molecule has 4 nitrogen and oxygen atoms in total. The zero-order valence-electron chi connectivity index (χ0n) is 9.36. The number of aryl methyl sites for hydroxylation is 1. The molecule has 1 aromatic rings. The quantitative estimate of drug-likeness (QED) is 0.819. The minimum atomic E-state index is -0.803. The molecule has 86 valence electrons. The summed E-state index contributed by atoms with van der Waals surface area (Å²) in [7, 11) is 0. The van der Waals surface area contributed by atoms with Crippen molar-refractivity contribution in [1.29, 1.82) is 0 Å². The Hall–Kier alpha value is -1.58. The van der Waals surface area contributed by atoms with Gasteiger partial charge < -0.3 is 10.4 Å². The van der Waals surface area contributed by atoms with E-state index >= 15 is 0 Å². The van der Waals surface area contributed by atoms with Crippen LogP contribution in [0.25, 0.3) is 0 Å². The van der Waals surface area contributed by atoms with Crippen LogP contribution >= 0.6 is 0 Å². The number of aromatic nitrogens is 1. The van der Waals surface area contributed by atoms with Crippen LogP contribution in [0.15, 0.2) is 18.3 Å². The van der Waals surface area contributed by atoms with E-state index in [1.54, 1.807) is 6.20 Å². The van der Waals surface area contributed by atoms with E-state index in [9.17, 15) is 9.90 Å². The Morgan fingerprint density at radius 3 is 2.62 bits per heavy atom. The van der Waals surface area contributed by atoms with E-state index < -0.39 is 11.5 Å². The molecule has 0 amide bonds. The van der Waals surface area contributed by atoms with Crippen LogP contribution in [-0.2, 0) is 4.79 Å². The van der Waals surface area contributed by atoms with Crippen molar-refractivity contribution in [2.45, 2.75) is 38.1 Å². The molecule has 2 N–H and O–H groups in total. The monoisotopic (exact) mass is 220 g/mol. The van der Waals surface area contributed by atoms with Crippen molar-refractivity contribution in [2.75, 3.05) is 5.32 Å². The largest absolute Gasteiger partial charge is 0.480 e. The molecule has 16 heavy (non-hydrogen) atoms. The Balaban J connectivity index is 2.18. The van der Waals surface area contributed by atoms with Gasteiger partial charge in [0.25, 0.3) is 0 Å². The molecule has 2 rings (SSSR count). The van der Waals surface area contributed by atoms with E-state index in [0.29, 0.717) is 18.7 Å². The molecule has 0 bridgehead atoms. The topological polar surface area (TPSA) is 62.2 Å². The third-order valence-corrected chi connectivity index (χ3v) is 3.15. The van der Waals surface area contributed by atoms with Crippen molar-refractivity contribution in [3.05, 3.63) is 23.9 Å². The van der Waals surface area contributed by atoms with Gasteiger partial charge in [-0.3, -0.25) is 0 Å². The van der Waals surface area contributed by atoms with Crippen LogP contribution in [0.5, 0.6) is 0 Å². The number of pyridine rings is 1. The molecular formula is C12H16N2O2. The molecule has 0 spiro atoms. The van der Waals surface area contributed by atoms with Crippen molar-refractivity contribution in [1.82, 2.24) is 4.98 Å². The molecule has 1 aromatic heterocycles. The smallest absolute Gasteiger partial charge is 0.329 e. The molecule has 1 fully saturated rings. The highest BCUT2D eigenvalue weighted by molar-refractivity contribution is 5.82. The van der Waals surface area contributed by atoms with Crippen molar-refractivity contribution < 1.29 is 9.90 Å². The molecular weight excluding hydrogens is 204 g/mol. The van der Waals surface area contributed by atoms with Crippen LogP contribution in [0.4, 0.5) is 5.82 Å². The Labute approximate surface area is 94.7 Å². The molecule has 0 radical (unpaired) electrons. The first-order valence-electron chi connectivity index (χ1n) is 5.57. The summed E-state index contributed by atoms with van der Waals surface area (Å²) < 4.78 is 0. The number of hydrogen-bond donors (Lipinski definition) is 2. The first-order valence-corrected chi connectivity index (χ1v) is 5.57. The standard InChI is InChI=1S/C12H16N2O2/c1-9-4-5-10(13-8-9)14-12(11(15)16)6-2-3-7-12/h4-5,8H,2-3,6-7H2,1H3,(H,13,14)(H,15,16). The van der Waals surface area contributed by atoms with E-state index in [0.717, 1.165) is 18.4 Å². The maximum atomic E-state index is 11.3. The average molecular weight is 220 g/mol. The highest BCUT2D eigenvalue weighted by atomic mass is 16.4. The van der Waals surface area contributed by atoms with E-state index in [2.05, 4.69) is 10.3 Å². The first kappa shape index (κ1) is 10.9. The number of carboxylic acids is 1. The fraction of sp³-hybridized carbons (Fsp3) is 0.500. The summed E-state index contributed by atoms with van der Waals surface area (Å²) >= 11 is 0. The lowest BCUT2D eigenvalue weighted by molar-refractivity contribution is -0.142. The Bertz CT molecular complexity index is 381. The van der Waals surface area contributed by atoms with Crippen LogP contribution < -0.4 is 5.32 Å². The van der Waals surface area contributed by atoms with Crippen molar-refractivity contribution in [3.63, 3.8) is 0 Å². The van der Waals surface area contributed by atoms with Crippen LogP contribution in [0.2, 0.25) is 0 Å². The number of aliphatic carboxylic acids is 1. The van der Waals surface area contributed by atoms with Gasteiger partial charge in [-0.1, -0.05) is 18.9 Å². The second-order valence-corrected chi connectivity index (χ2v) is 4.44. The van der Waals surface area contributed by atoms with Gasteiger partial charge in [0.15, 0.2) is 0 Å². The third-order valence-electron chi connectivity index (χ3n) is 3.15. The number of anilines is 1. The van der Waals surface area contributed by atoms with Gasteiger partial charge in [-0.15, -0.1) is 0 Å². The number of hydrogen-bond acceptors (Lipinski definition) is 3. The summed E-state index contributed by atoms with van der Waals surface area (Å²) in [4.78, 5) is 15.5. The minimum Gasteiger partial charge on any atom is -0.480 e. The maximum absolute atomic E-state index is 11.3. The fourth-order valence-electron chi connectivity index (χ4n) is 2.16. The molecule has 1 saturated carbocycles. The highest BCUT2D eigenvalue weighted by Gasteiger charge is 2.41. The summed E-state index contributed by atoms with van der Waals surface area (Å²) in [6.45, 7) is 1.96. The van der Waals surface area contributed by atoms with Gasteiger partial charge in [0.1, 0.15) is 11.4 Å². The summed E-state index contributed by atoms with van der Waals surface area (Å²) in [6, 6.07) is 3.76. The molecule has 0 aliphatic heterocycles. The van der Waals surface area contributed by atoms with Gasteiger partial charge in [-0.2, -0.15) is 0 Å². The summed E-state index contributed by atoms with van der Waals surface area (Å²) in [5.41, 5.74) is 0.267. The summed E-state index contributed by atoms with van der Waals surface area (Å²) in [5.74, 6) is -0.123. The lowest BCUT2D eigenvalue weighted by Gasteiger charge is -2.25. The summed E-state index contributed by atoms with van der Waals surface area (Å²) in [5, 5.41) is 12.4. The normalized spacial score (nSPS) is 18.3. The van der Waals surface area contributed by atoms with Crippen molar-refractivity contribution in [3.8, 4) is 0 Å². The van der Waals surface area contributed by atoms with E-state index in [4.69, 9.17) is 0 Å². The fourth-order valence-corrected chi connectivity index (χ4v) is 2.16. The van der Waals surface area contributed by atoms with E-state index in [1.165, 1.54) is 0 Å². The molecule has 1 heterocycles. The number of rotatable bonds is 3. The Morgan fingerprint density at radius 1 is 1.44 bits per heavy atom. The minimum absolute atomic E-state index is 0.648. The lowest BCUT2D eigenvalue weighted by Crippen LogP contribution is -2.43. The number of carboxylic acid groups (broad SMARTS) is 1. The van der Waals surface area contributed by atoms with Gasteiger partial charge in [0.2, 0.25) is 0 Å². The van der Waals surface area contributed by atoms with Crippen LogP contribution in [0.3, 0.4) is 0 Å². The molecule has 1 aliphatic carbocycles. The number of carbonyl (C=O) groups is 1. The third kappa shape index (κ3) is 2.01. The Morgan fingerprint density at radius 2 is 2.12 bits per heavy atom. The zero-order valence-corrected chi connectivity index (χ0v) is 9.36. The molecule has 4 heteroatoms. The zero-order chi connectivity index (χ0) is 11.6. The summed E-state index contributed by atoms with van der Waals surface area (Å²) in [6.07, 6.45) is 5.03. The highest BCUT2D eigenvalue weighted by Crippen LogP contribution is 2.32. The first-order chi connectivity index (χ1) is 7.62. The van der Waals surface area contributed by atoms with Gasteiger partial charge in [0.05, 0.1) is 0 Å². The second-order valence-electron chi connectivity index (χ2n) is 4.44. The molecule has 0 unspecified atom stereocenters. The maximum Gasteiger partial charge on any atom is 0.329 e. The van der Waals surface area contributed by atoms with Crippen LogP contribution in [0, 0.1) is 6.92 Å². The predicted molar refractivity (Wildman–Crippen MR) is 61.4 cm³/mol. The second kappa shape index (κ2) is 4.12. The van der Waals surface area contributed by atoms with Gasteiger partial charge >= 0.3 is 5.97 Å². The van der Waals surface area contributed by atoms with Gasteiger partial charge in [0, 0.05) is 6.20 Å². The van der Waals surface area contributed by atoms with Crippen molar-refractivity contribution >= 4 is 11.8 Å². The van der Waals surface area contributed by atoms with E-state index in [-0.39, 0.29) is 0 Å².